The van der Waals surface area contributed by atoms with Gasteiger partial charge in [-0.2, -0.15) is 0 Å². The summed E-state index contributed by atoms with van der Waals surface area (Å²) in [4.78, 5) is 2.33. The average Bonchev–Trinajstić information content (AvgIpc) is 2.31. The number of hydrogen-bond acceptors (Lipinski definition) is 2. The Hall–Kier alpha value is -0.800. The second-order valence-electron chi connectivity index (χ2n) is 4.72. The molecule has 1 aliphatic rings. The van der Waals surface area contributed by atoms with E-state index in [-0.39, 0.29) is 5.82 Å². The van der Waals surface area contributed by atoms with Gasteiger partial charge >= 0.3 is 0 Å². The molecule has 94 valence electrons. The molecule has 1 N–H and O–H groups in total. The van der Waals surface area contributed by atoms with Gasteiger partial charge in [-0.05, 0) is 51.0 Å². The number of benzene rings is 1. The molecule has 1 aromatic carbocycles. The van der Waals surface area contributed by atoms with Crippen molar-refractivity contribution in [3.8, 4) is 0 Å². The summed E-state index contributed by atoms with van der Waals surface area (Å²) in [5.74, 6) is 0.340. The molecular formula is C13H18ClFN2. The van der Waals surface area contributed by atoms with Gasteiger partial charge in [0.05, 0.1) is 10.7 Å². The van der Waals surface area contributed by atoms with Crippen LogP contribution in [0.2, 0.25) is 5.02 Å². The summed E-state index contributed by atoms with van der Waals surface area (Å²) in [6.07, 6.45) is 2.32. The van der Waals surface area contributed by atoms with Gasteiger partial charge in [0.15, 0.2) is 0 Å². The Morgan fingerprint density at radius 2 is 2.12 bits per heavy atom. The molecule has 1 aliphatic heterocycles. The summed E-state index contributed by atoms with van der Waals surface area (Å²) >= 11 is 5.96. The molecule has 1 fully saturated rings. The molecule has 0 bridgehead atoms. The first-order valence-corrected chi connectivity index (χ1v) is 6.41. The Morgan fingerprint density at radius 3 is 2.76 bits per heavy atom. The highest BCUT2D eigenvalue weighted by molar-refractivity contribution is 6.33. The van der Waals surface area contributed by atoms with Gasteiger partial charge in [-0.1, -0.05) is 17.7 Å². The van der Waals surface area contributed by atoms with E-state index in [4.69, 9.17) is 11.6 Å². The lowest BCUT2D eigenvalue weighted by molar-refractivity contribution is 0.226. The lowest BCUT2D eigenvalue weighted by atomic mass is 9.97. The summed E-state index contributed by atoms with van der Waals surface area (Å²) in [5, 5.41) is 3.60. The number of likely N-dealkylation sites (tertiary alicyclic amines) is 1. The Labute approximate surface area is 107 Å². The maximum Gasteiger partial charge on any atom is 0.147 e. The molecule has 1 heterocycles. The number of halogens is 2. The number of nitrogens with one attached hydrogen (secondary N) is 1. The lowest BCUT2D eigenvalue weighted by Gasteiger charge is -2.29. The van der Waals surface area contributed by atoms with E-state index in [1.807, 2.05) is 0 Å². The fourth-order valence-corrected chi connectivity index (χ4v) is 2.41. The SMILES string of the molecule is CN1CCC(CNc2c(F)cccc2Cl)CC1. The van der Waals surface area contributed by atoms with Crippen molar-refractivity contribution in [2.75, 3.05) is 32.0 Å². The predicted octanol–water partition coefficient (Wildman–Crippen LogP) is 3.23. The molecule has 4 heteroatoms. The van der Waals surface area contributed by atoms with Crippen molar-refractivity contribution in [2.45, 2.75) is 12.8 Å². The maximum absolute atomic E-state index is 13.5. The third-order valence-electron chi connectivity index (χ3n) is 3.37. The highest BCUT2D eigenvalue weighted by Gasteiger charge is 2.17. The van der Waals surface area contributed by atoms with E-state index in [0.29, 0.717) is 16.6 Å². The van der Waals surface area contributed by atoms with E-state index in [1.54, 1.807) is 12.1 Å². The van der Waals surface area contributed by atoms with Gasteiger partial charge in [0, 0.05) is 6.54 Å². The van der Waals surface area contributed by atoms with Gasteiger partial charge < -0.3 is 10.2 Å². The zero-order valence-corrected chi connectivity index (χ0v) is 10.8. The van der Waals surface area contributed by atoms with E-state index < -0.39 is 0 Å². The molecular weight excluding hydrogens is 239 g/mol. The van der Waals surface area contributed by atoms with Crippen molar-refractivity contribution in [1.82, 2.24) is 4.90 Å². The Bertz CT molecular complexity index is 355. The largest absolute Gasteiger partial charge is 0.381 e. The molecule has 2 nitrogen and oxygen atoms in total. The van der Waals surface area contributed by atoms with Crippen molar-refractivity contribution < 1.29 is 4.39 Å². The van der Waals surface area contributed by atoms with Crippen LogP contribution in [-0.4, -0.2) is 31.6 Å². The topological polar surface area (TPSA) is 15.3 Å². The zero-order chi connectivity index (χ0) is 12.3. The third kappa shape index (κ3) is 3.33. The van der Waals surface area contributed by atoms with E-state index in [1.165, 1.54) is 6.07 Å². The fraction of sp³-hybridized carbons (Fsp3) is 0.538. The Kier molecular flexibility index (Phi) is 4.24. The number of nitrogens with zero attached hydrogens (tertiary/aromatic N) is 1. The summed E-state index contributed by atoms with van der Waals surface area (Å²) in [7, 11) is 2.14. The molecule has 0 atom stereocenters. The van der Waals surface area contributed by atoms with Crippen LogP contribution in [0, 0.1) is 11.7 Å². The van der Waals surface area contributed by atoms with Crippen LogP contribution in [-0.2, 0) is 0 Å². The van der Waals surface area contributed by atoms with Crippen LogP contribution in [0.1, 0.15) is 12.8 Å². The summed E-state index contributed by atoms with van der Waals surface area (Å²) < 4.78 is 13.5. The third-order valence-corrected chi connectivity index (χ3v) is 3.68. The minimum atomic E-state index is -0.273. The molecule has 1 saturated heterocycles. The van der Waals surface area contributed by atoms with Crippen LogP contribution in [0.25, 0.3) is 0 Å². The van der Waals surface area contributed by atoms with E-state index in [0.717, 1.165) is 32.5 Å². The summed E-state index contributed by atoms with van der Waals surface area (Å²) in [6.45, 7) is 3.04. The van der Waals surface area contributed by atoms with Crippen molar-refractivity contribution in [1.29, 1.82) is 0 Å². The normalized spacial score (nSPS) is 18.3. The van der Waals surface area contributed by atoms with E-state index in [9.17, 15) is 4.39 Å². The van der Waals surface area contributed by atoms with Crippen LogP contribution in [0.4, 0.5) is 10.1 Å². The van der Waals surface area contributed by atoms with Crippen molar-refractivity contribution >= 4 is 17.3 Å². The quantitative estimate of drug-likeness (QED) is 0.893. The van der Waals surface area contributed by atoms with Gasteiger partial charge in [-0.25, -0.2) is 4.39 Å². The standard InChI is InChI=1S/C13H18ClFN2/c1-17-7-5-10(6-8-17)9-16-13-11(14)3-2-4-12(13)15/h2-4,10,16H,5-9H2,1H3. The lowest BCUT2D eigenvalue weighted by Crippen LogP contribution is -2.33. The maximum atomic E-state index is 13.5. The second-order valence-corrected chi connectivity index (χ2v) is 5.13. The van der Waals surface area contributed by atoms with Crippen molar-refractivity contribution in [2.24, 2.45) is 5.92 Å². The first-order valence-electron chi connectivity index (χ1n) is 6.03. The molecule has 0 saturated carbocycles. The number of hydrogen-bond donors (Lipinski definition) is 1. The molecule has 0 radical (unpaired) electrons. The first kappa shape index (κ1) is 12.7. The van der Waals surface area contributed by atoms with Crippen LogP contribution < -0.4 is 5.32 Å². The predicted molar refractivity (Wildman–Crippen MR) is 70.1 cm³/mol. The van der Waals surface area contributed by atoms with Crippen LogP contribution in [0.5, 0.6) is 0 Å². The number of anilines is 1. The van der Waals surface area contributed by atoms with Crippen molar-refractivity contribution in [3.63, 3.8) is 0 Å². The highest BCUT2D eigenvalue weighted by Crippen LogP contribution is 2.25. The molecule has 0 unspecified atom stereocenters. The van der Waals surface area contributed by atoms with Gasteiger partial charge in [0.25, 0.3) is 0 Å². The second kappa shape index (κ2) is 5.69. The smallest absolute Gasteiger partial charge is 0.147 e. The summed E-state index contributed by atoms with van der Waals surface area (Å²) in [6, 6.07) is 4.77. The molecule has 0 aliphatic carbocycles. The Morgan fingerprint density at radius 1 is 1.41 bits per heavy atom. The molecule has 0 amide bonds. The van der Waals surface area contributed by atoms with Crippen LogP contribution in [0.3, 0.4) is 0 Å². The minimum absolute atomic E-state index is 0.273. The van der Waals surface area contributed by atoms with E-state index in [2.05, 4.69) is 17.3 Å². The fourth-order valence-electron chi connectivity index (χ4n) is 2.18. The monoisotopic (exact) mass is 256 g/mol. The molecule has 0 spiro atoms. The Balaban J connectivity index is 1.89. The van der Waals surface area contributed by atoms with Gasteiger partial charge in [0.1, 0.15) is 5.82 Å². The van der Waals surface area contributed by atoms with Crippen molar-refractivity contribution in [3.05, 3.63) is 29.0 Å². The number of rotatable bonds is 3. The van der Waals surface area contributed by atoms with Gasteiger partial charge in [0.2, 0.25) is 0 Å². The van der Waals surface area contributed by atoms with Crippen LogP contribution in [0.15, 0.2) is 18.2 Å². The number of piperidine rings is 1. The van der Waals surface area contributed by atoms with E-state index >= 15 is 0 Å². The van der Waals surface area contributed by atoms with Gasteiger partial charge in [-0.3, -0.25) is 0 Å². The molecule has 1 aromatic rings. The summed E-state index contributed by atoms with van der Waals surface area (Å²) in [5.41, 5.74) is 0.438. The van der Waals surface area contributed by atoms with Crippen LogP contribution >= 0.6 is 11.6 Å². The molecule has 17 heavy (non-hydrogen) atoms. The zero-order valence-electron chi connectivity index (χ0n) is 10.0. The number of para-hydroxylation sites is 1. The molecule has 0 aromatic heterocycles. The first-order chi connectivity index (χ1) is 8.16. The molecule has 2 rings (SSSR count). The minimum Gasteiger partial charge on any atom is -0.381 e. The highest BCUT2D eigenvalue weighted by atomic mass is 35.5. The average molecular weight is 257 g/mol. The van der Waals surface area contributed by atoms with Gasteiger partial charge in [-0.15, -0.1) is 0 Å².